The topological polar surface area (TPSA) is 110 Å². The van der Waals surface area contributed by atoms with E-state index in [1.807, 2.05) is 30.3 Å². The minimum Gasteiger partial charge on any atom is -0.465 e. The summed E-state index contributed by atoms with van der Waals surface area (Å²) in [6.07, 6.45) is 5.80. The third-order valence-electron chi connectivity index (χ3n) is 4.72. The molecule has 0 radical (unpaired) electrons. The number of anilines is 3. The van der Waals surface area contributed by atoms with Crippen molar-refractivity contribution in [2.75, 3.05) is 11.1 Å². The first-order valence-electron chi connectivity index (χ1n) is 9.75. The zero-order valence-corrected chi connectivity index (χ0v) is 18.1. The number of halogens is 1. The molecule has 1 heterocycles. The van der Waals surface area contributed by atoms with E-state index in [0.717, 1.165) is 23.8 Å². The van der Waals surface area contributed by atoms with Crippen LogP contribution in [-0.2, 0) is 4.74 Å². The van der Waals surface area contributed by atoms with Crippen LogP contribution in [-0.4, -0.2) is 16.4 Å². The first kappa shape index (κ1) is 22.1. The molecule has 7 nitrogen and oxygen atoms in total. The number of allylic oxidation sites excluding steroid dienone is 1. The molecule has 0 saturated heterocycles. The van der Waals surface area contributed by atoms with Crippen LogP contribution in [0.1, 0.15) is 31.4 Å². The van der Waals surface area contributed by atoms with Crippen LogP contribution >= 0.6 is 11.6 Å². The smallest absolute Gasteiger partial charge is 0.320 e. The normalized spacial score (nSPS) is 12.0. The Hall–Kier alpha value is -3.58. The summed E-state index contributed by atoms with van der Waals surface area (Å²) < 4.78 is 11.4. The van der Waals surface area contributed by atoms with Crippen LogP contribution in [0.4, 0.5) is 17.4 Å². The highest BCUT2D eigenvalue weighted by atomic mass is 35.5. The minimum atomic E-state index is 0.162. The van der Waals surface area contributed by atoms with Crippen molar-refractivity contribution in [3.8, 4) is 11.5 Å². The highest BCUT2D eigenvalue weighted by Gasteiger charge is 2.14. The molecule has 1 atom stereocenters. The molecule has 0 saturated carbocycles. The second-order valence-electron chi connectivity index (χ2n) is 6.95. The number of rotatable bonds is 9. The Morgan fingerprint density at radius 1 is 1.35 bits per heavy atom. The Morgan fingerprint density at radius 2 is 2.16 bits per heavy atom. The van der Waals surface area contributed by atoms with Crippen LogP contribution in [0.2, 0.25) is 5.02 Å². The van der Waals surface area contributed by atoms with Gasteiger partial charge in [0.2, 0.25) is 5.89 Å². The number of hydrogen-bond donors (Lipinski definition) is 3. The van der Waals surface area contributed by atoms with Crippen molar-refractivity contribution in [2.24, 2.45) is 5.92 Å². The van der Waals surface area contributed by atoms with Gasteiger partial charge < -0.3 is 25.6 Å². The van der Waals surface area contributed by atoms with Gasteiger partial charge in [0, 0.05) is 28.6 Å². The lowest BCUT2D eigenvalue weighted by Gasteiger charge is -2.08. The summed E-state index contributed by atoms with van der Waals surface area (Å²) in [4.78, 5) is 0. The lowest BCUT2D eigenvalue weighted by molar-refractivity contribution is 0.431. The van der Waals surface area contributed by atoms with E-state index < -0.39 is 0 Å². The predicted molar refractivity (Wildman–Crippen MR) is 125 cm³/mol. The largest absolute Gasteiger partial charge is 0.465 e. The lowest BCUT2D eigenvalue weighted by atomic mass is 10.1. The number of nitrogens with two attached hydrogens (primary N) is 1. The van der Waals surface area contributed by atoms with Crippen LogP contribution in [0.5, 0.6) is 0 Å². The van der Waals surface area contributed by atoms with Crippen molar-refractivity contribution < 1.29 is 9.15 Å². The average molecular weight is 438 g/mol. The van der Waals surface area contributed by atoms with Gasteiger partial charge in [0.05, 0.1) is 17.0 Å². The van der Waals surface area contributed by atoms with E-state index in [1.54, 1.807) is 18.4 Å². The summed E-state index contributed by atoms with van der Waals surface area (Å²) in [6, 6.07) is 11.0. The first-order chi connectivity index (χ1) is 14.9. The average Bonchev–Trinajstić information content (AvgIpc) is 3.24. The fourth-order valence-electron chi connectivity index (χ4n) is 2.64. The zero-order chi connectivity index (χ0) is 22.4. The number of aromatic nitrogens is 2. The molecule has 31 heavy (non-hydrogen) atoms. The lowest BCUT2D eigenvalue weighted by Crippen LogP contribution is -1.98. The van der Waals surface area contributed by atoms with E-state index in [4.69, 9.17) is 31.9 Å². The number of hydrogen-bond acceptors (Lipinski definition) is 7. The maximum atomic E-state index is 7.46. The van der Waals surface area contributed by atoms with Crippen LogP contribution in [0.3, 0.4) is 0 Å². The molecule has 3 rings (SSSR count). The van der Waals surface area contributed by atoms with Crippen molar-refractivity contribution in [2.45, 2.75) is 20.3 Å². The second-order valence-corrected chi connectivity index (χ2v) is 7.33. The highest BCUT2D eigenvalue weighted by Crippen LogP contribution is 2.32. The van der Waals surface area contributed by atoms with E-state index in [1.165, 1.54) is 0 Å². The van der Waals surface area contributed by atoms with Gasteiger partial charge in [-0.3, -0.25) is 0 Å². The molecule has 0 aliphatic rings. The maximum Gasteiger partial charge on any atom is 0.320 e. The molecule has 0 bridgehead atoms. The van der Waals surface area contributed by atoms with Gasteiger partial charge in [-0.15, -0.1) is 5.10 Å². The quantitative estimate of drug-likeness (QED) is 0.207. The summed E-state index contributed by atoms with van der Waals surface area (Å²) >= 11 is 6.30. The van der Waals surface area contributed by atoms with E-state index >= 15 is 0 Å². The Labute approximate surface area is 186 Å². The van der Waals surface area contributed by atoms with Crippen LogP contribution in [0, 0.1) is 11.3 Å². The Bertz CT molecular complexity index is 1120. The molecule has 4 N–H and O–H groups in total. The Balaban J connectivity index is 1.76. The zero-order valence-electron chi connectivity index (χ0n) is 17.4. The fourth-order valence-corrected chi connectivity index (χ4v) is 2.92. The molecular formula is C23H24ClN5O2. The van der Waals surface area contributed by atoms with E-state index in [-0.39, 0.29) is 6.01 Å². The van der Waals surface area contributed by atoms with Gasteiger partial charge in [-0.25, -0.2) is 0 Å². The van der Waals surface area contributed by atoms with Gasteiger partial charge in [0.25, 0.3) is 0 Å². The molecule has 1 unspecified atom stereocenters. The van der Waals surface area contributed by atoms with Gasteiger partial charge in [-0.2, -0.15) is 0 Å². The predicted octanol–water partition coefficient (Wildman–Crippen LogP) is 6.26. The van der Waals surface area contributed by atoms with E-state index in [2.05, 4.69) is 35.9 Å². The summed E-state index contributed by atoms with van der Waals surface area (Å²) in [5.74, 6) is 1.28. The van der Waals surface area contributed by atoms with Crippen LogP contribution in [0.15, 0.2) is 59.7 Å². The van der Waals surface area contributed by atoms with Crippen molar-refractivity contribution in [3.05, 3.63) is 71.5 Å². The highest BCUT2D eigenvalue weighted by molar-refractivity contribution is 6.36. The number of nitrogen functional groups attached to an aromatic ring is 1. The van der Waals surface area contributed by atoms with E-state index in [0.29, 0.717) is 39.5 Å². The molecule has 0 spiro atoms. The molecule has 0 aliphatic carbocycles. The Kier molecular flexibility index (Phi) is 7.10. The number of nitrogens with zero attached hydrogens (tertiary/aromatic N) is 2. The fraction of sp³-hybridized carbons (Fsp3) is 0.174. The molecule has 8 heteroatoms. The molecule has 3 aromatic rings. The monoisotopic (exact) mass is 437 g/mol. The summed E-state index contributed by atoms with van der Waals surface area (Å²) in [7, 11) is 0. The van der Waals surface area contributed by atoms with Crippen molar-refractivity contribution in [1.82, 2.24) is 10.2 Å². The molecule has 1 aromatic heterocycles. The van der Waals surface area contributed by atoms with Gasteiger partial charge in [0.15, 0.2) is 0 Å². The molecule has 160 valence electrons. The number of ether oxygens (including phenoxy) is 1. The number of nitrogens with one attached hydrogen (secondary N) is 2. The maximum absolute atomic E-state index is 7.46. The van der Waals surface area contributed by atoms with Crippen molar-refractivity contribution in [1.29, 1.82) is 5.41 Å². The third kappa shape index (κ3) is 5.32. The molecule has 0 aliphatic heterocycles. The van der Waals surface area contributed by atoms with Crippen LogP contribution in [0.25, 0.3) is 17.2 Å². The SMILES string of the molecule is C=C(O/C=C\C(C)CC)c1cccc(-c2nnc(Nc3ccc(N)c(C=N)c3Cl)o2)c1. The number of benzene rings is 2. The van der Waals surface area contributed by atoms with Crippen LogP contribution < -0.4 is 11.1 Å². The molecule has 2 aromatic carbocycles. The standard InChI is InChI=1S/C23H24ClN5O2/c1-4-14(2)10-11-30-15(3)16-6-5-7-17(12-16)22-28-29-23(31-22)27-20-9-8-19(26)18(13-25)21(20)24/h5-14,25H,3-4,26H2,1-2H3,(H,27,29)/b11-10-,25-13?. The second kappa shape index (κ2) is 9.95. The molecule has 0 amide bonds. The third-order valence-corrected chi connectivity index (χ3v) is 5.12. The minimum absolute atomic E-state index is 0.162. The van der Waals surface area contributed by atoms with Gasteiger partial charge in [-0.1, -0.05) is 49.3 Å². The molecule has 0 fully saturated rings. The van der Waals surface area contributed by atoms with Gasteiger partial charge in [0.1, 0.15) is 5.76 Å². The summed E-state index contributed by atoms with van der Waals surface area (Å²) in [6.45, 7) is 8.22. The van der Waals surface area contributed by atoms with E-state index in [9.17, 15) is 0 Å². The van der Waals surface area contributed by atoms with Crippen molar-refractivity contribution in [3.63, 3.8) is 0 Å². The first-order valence-corrected chi connectivity index (χ1v) is 10.1. The van der Waals surface area contributed by atoms with Crippen molar-refractivity contribution >= 4 is 41.0 Å². The summed E-state index contributed by atoms with van der Waals surface area (Å²) in [5, 5.41) is 18.8. The van der Waals surface area contributed by atoms with Gasteiger partial charge in [-0.05, 0) is 42.7 Å². The Morgan fingerprint density at radius 3 is 2.90 bits per heavy atom. The summed E-state index contributed by atoms with van der Waals surface area (Å²) in [5.41, 5.74) is 8.69. The van der Waals surface area contributed by atoms with Gasteiger partial charge >= 0.3 is 6.01 Å². The molecular weight excluding hydrogens is 414 g/mol.